The summed E-state index contributed by atoms with van der Waals surface area (Å²) in [5.74, 6) is -3.65. The van der Waals surface area contributed by atoms with Crippen molar-refractivity contribution in [2.75, 3.05) is 7.11 Å². The number of methoxy groups -OCH3 is 1. The molecule has 0 saturated carbocycles. The first-order chi connectivity index (χ1) is 9.45. The van der Waals surface area contributed by atoms with Gasteiger partial charge in [-0.15, -0.1) is 0 Å². The number of hydrogen-bond donors (Lipinski definition) is 0. The Kier molecular flexibility index (Phi) is 3.79. The summed E-state index contributed by atoms with van der Waals surface area (Å²) in [6.07, 6.45) is 0. The third-order valence-corrected chi connectivity index (χ3v) is 2.93. The van der Waals surface area contributed by atoms with E-state index in [1.165, 1.54) is 32.2 Å². The smallest absolute Gasteiger partial charge is 0.199 e. The molecule has 2 rings (SSSR count). The average molecular weight is 280 g/mol. The average Bonchev–Trinajstić information content (AvgIpc) is 2.43. The molecule has 5 heteroatoms. The molecule has 2 nitrogen and oxygen atoms in total. The molecule has 0 heterocycles. The first-order valence-electron chi connectivity index (χ1n) is 5.78. The fraction of sp³-hybridized carbons (Fsp3) is 0.133. The summed E-state index contributed by atoms with van der Waals surface area (Å²) in [7, 11) is 1.28. The minimum absolute atomic E-state index is 0.0493. The summed E-state index contributed by atoms with van der Waals surface area (Å²) >= 11 is 0. The standard InChI is InChI=1S/C15H11F3O2/c1-8-3-5-10(16)13(14(8)18)15(19)9-4-6-12(20-2)11(17)7-9/h3-7H,1-2H3. The van der Waals surface area contributed by atoms with Crippen molar-refractivity contribution < 1.29 is 22.7 Å². The molecule has 0 saturated heterocycles. The molecule has 0 radical (unpaired) electrons. The Morgan fingerprint density at radius 1 is 1.05 bits per heavy atom. The van der Waals surface area contributed by atoms with Crippen LogP contribution in [-0.2, 0) is 0 Å². The monoisotopic (exact) mass is 280 g/mol. The molecule has 0 aliphatic heterocycles. The van der Waals surface area contributed by atoms with Gasteiger partial charge in [-0.1, -0.05) is 6.07 Å². The maximum atomic E-state index is 13.9. The summed E-state index contributed by atoms with van der Waals surface area (Å²) in [5.41, 5.74) is -0.690. The van der Waals surface area contributed by atoms with Crippen molar-refractivity contribution in [1.29, 1.82) is 0 Å². The Bertz CT molecular complexity index is 681. The molecular formula is C15H11F3O2. The number of carbonyl (C=O) groups excluding carboxylic acids is 1. The second kappa shape index (κ2) is 5.36. The predicted molar refractivity (Wildman–Crippen MR) is 67.5 cm³/mol. The molecule has 0 aliphatic rings. The zero-order chi connectivity index (χ0) is 14.9. The molecule has 0 aromatic heterocycles. The van der Waals surface area contributed by atoms with Crippen molar-refractivity contribution in [2.24, 2.45) is 0 Å². The molecule has 0 spiro atoms. The van der Waals surface area contributed by atoms with Gasteiger partial charge in [-0.3, -0.25) is 4.79 Å². The van der Waals surface area contributed by atoms with E-state index < -0.39 is 28.8 Å². The van der Waals surface area contributed by atoms with Crippen molar-refractivity contribution >= 4 is 5.78 Å². The third-order valence-electron chi connectivity index (χ3n) is 2.93. The highest BCUT2D eigenvalue weighted by atomic mass is 19.1. The predicted octanol–water partition coefficient (Wildman–Crippen LogP) is 3.65. The first-order valence-corrected chi connectivity index (χ1v) is 5.78. The van der Waals surface area contributed by atoms with Crippen LogP contribution in [0.15, 0.2) is 30.3 Å². The van der Waals surface area contributed by atoms with Crippen LogP contribution in [-0.4, -0.2) is 12.9 Å². The number of rotatable bonds is 3. The van der Waals surface area contributed by atoms with Crippen LogP contribution >= 0.6 is 0 Å². The van der Waals surface area contributed by atoms with Gasteiger partial charge in [0.1, 0.15) is 11.6 Å². The van der Waals surface area contributed by atoms with E-state index in [-0.39, 0.29) is 16.9 Å². The number of halogens is 3. The van der Waals surface area contributed by atoms with Gasteiger partial charge in [0.25, 0.3) is 0 Å². The van der Waals surface area contributed by atoms with E-state index in [1.807, 2.05) is 0 Å². The van der Waals surface area contributed by atoms with E-state index in [4.69, 9.17) is 4.74 Å². The summed E-state index contributed by atoms with van der Waals surface area (Å²) in [5, 5.41) is 0. The van der Waals surface area contributed by atoms with Crippen molar-refractivity contribution in [3.05, 3.63) is 64.5 Å². The summed E-state index contributed by atoms with van der Waals surface area (Å²) < 4.78 is 45.8. The van der Waals surface area contributed by atoms with Crippen molar-refractivity contribution in [1.82, 2.24) is 0 Å². The summed E-state index contributed by atoms with van der Waals surface area (Å²) in [4.78, 5) is 12.1. The lowest BCUT2D eigenvalue weighted by molar-refractivity contribution is 0.103. The van der Waals surface area contributed by atoms with Gasteiger partial charge in [0.05, 0.1) is 12.7 Å². The van der Waals surface area contributed by atoms with Crippen molar-refractivity contribution in [2.45, 2.75) is 6.92 Å². The van der Waals surface area contributed by atoms with Crippen molar-refractivity contribution in [3.8, 4) is 5.75 Å². The largest absolute Gasteiger partial charge is 0.494 e. The van der Waals surface area contributed by atoms with Crippen LogP contribution in [0, 0.1) is 24.4 Å². The Balaban J connectivity index is 2.52. The van der Waals surface area contributed by atoms with Gasteiger partial charge in [0, 0.05) is 5.56 Å². The maximum absolute atomic E-state index is 13.9. The number of hydrogen-bond acceptors (Lipinski definition) is 2. The molecule has 0 N–H and O–H groups in total. The Morgan fingerprint density at radius 2 is 1.75 bits per heavy atom. The van der Waals surface area contributed by atoms with E-state index >= 15 is 0 Å². The van der Waals surface area contributed by atoms with E-state index in [9.17, 15) is 18.0 Å². The highest BCUT2D eigenvalue weighted by Gasteiger charge is 2.21. The van der Waals surface area contributed by atoms with Crippen LogP contribution in [0.1, 0.15) is 21.5 Å². The molecule has 2 aromatic rings. The van der Waals surface area contributed by atoms with E-state index in [0.717, 1.165) is 12.1 Å². The van der Waals surface area contributed by atoms with Gasteiger partial charge >= 0.3 is 0 Å². The molecule has 20 heavy (non-hydrogen) atoms. The van der Waals surface area contributed by atoms with Gasteiger partial charge < -0.3 is 4.74 Å². The molecule has 2 aromatic carbocycles. The number of aryl methyl sites for hydroxylation is 1. The fourth-order valence-electron chi connectivity index (χ4n) is 1.82. The zero-order valence-electron chi connectivity index (χ0n) is 10.8. The summed E-state index contributed by atoms with van der Waals surface area (Å²) in [6.45, 7) is 1.42. The van der Waals surface area contributed by atoms with E-state index in [1.54, 1.807) is 0 Å². The number of carbonyl (C=O) groups is 1. The minimum atomic E-state index is -0.977. The normalized spacial score (nSPS) is 10.4. The Hall–Kier alpha value is -2.30. The SMILES string of the molecule is COc1ccc(C(=O)c2c(F)ccc(C)c2F)cc1F. The lowest BCUT2D eigenvalue weighted by Crippen LogP contribution is -2.09. The van der Waals surface area contributed by atoms with E-state index in [2.05, 4.69) is 0 Å². The van der Waals surface area contributed by atoms with Gasteiger partial charge in [0.15, 0.2) is 17.3 Å². The quantitative estimate of drug-likeness (QED) is 0.802. The number of ether oxygens (including phenoxy) is 1. The highest BCUT2D eigenvalue weighted by Crippen LogP contribution is 2.23. The van der Waals surface area contributed by atoms with Crippen LogP contribution in [0.25, 0.3) is 0 Å². The third kappa shape index (κ3) is 2.39. The maximum Gasteiger partial charge on any atom is 0.199 e. The second-order valence-electron chi connectivity index (χ2n) is 4.23. The highest BCUT2D eigenvalue weighted by molar-refractivity contribution is 6.09. The van der Waals surface area contributed by atoms with Crippen LogP contribution in [0.3, 0.4) is 0 Å². The van der Waals surface area contributed by atoms with Crippen LogP contribution in [0.5, 0.6) is 5.75 Å². The molecule has 0 aliphatic carbocycles. The van der Waals surface area contributed by atoms with E-state index in [0.29, 0.717) is 0 Å². The zero-order valence-corrected chi connectivity index (χ0v) is 10.8. The molecule has 104 valence electrons. The molecular weight excluding hydrogens is 269 g/mol. The molecule has 0 bridgehead atoms. The molecule has 0 unspecified atom stereocenters. The molecule has 0 fully saturated rings. The van der Waals surface area contributed by atoms with Crippen molar-refractivity contribution in [3.63, 3.8) is 0 Å². The number of benzene rings is 2. The van der Waals surface area contributed by atoms with Gasteiger partial charge in [-0.25, -0.2) is 13.2 Å². The fourth-order valence-corrected chi connectivity index (χ4v) is 1.82. The van der Waals surface area contributed by atoms with Gasteiger partial charge in [-0.05, 0) is 36.8 Å². The van der Waals surface area contributed by atoms with Crippen LogP contribution in [0.2, 0.25) is 0 Å². The first kappa shape index (κ1) is 14.1. The van der Waals surface area contributed by atoms with Crippen LogP contribution in [0.4, 0.5) is 13.2 Å². The molecule has 0 atom stereocenters. The van der Waals surface area contributed by atoms with Crippen LogP contribution < -0.4 is 4.74 Å². The van der Waals surface area contributed by atoms with Gasteiger partial charge in [0.2, 0.25) is 0 Å². The Labute approximate surface area is 113 Å². The lowest BCUT2D eigenvalue weighted by Gasteiger charge is -2.08. The molecule has 0 amide bonds. The number of ketones is 1. The summed E-state index contributed by atoms with van der Waals surface area (Å²) in [6, 6.07) is 5.61. The van der Waals surface area contributed by atoms with Gasteiger partial charge in [-0.2, -0.15) is 0 Å². The lowest BCUT2D eigenvalue weighted by atomic mass is 10.00. The minimum Gasteiger partial charge on any atom is -0.494 e. The Morgan fingerprint density at radius 3 is 2.35 bits per heavy atom. The topological polar surface area (TPSA) is 26.3 Å². The second-order valence-corrected chi connectivity index (χ2v) is 4.23.